The van der Waals surface area contributed by atoms with Gasteiger partial charge >= 0.3 is 0 Å². The first-order valence-electron chi connectivity index (χ1n) is 7.39. The largest absolute Gasteiger partial charge is 0.349 e. The van der Waals surface area contributed by atoms with E-state index in [4.69, 9.17) is 12.2 Å². The monoisotopic (exact) mass is 413 g/mol. The summed E-state index contributed by atoms with van der Waals surface area (Å²) in [7, 11) is 0. The number of carbonyl (C=O) groups is 2. The number of hydrazine groups is 1. The predicted octanol–water partition coefficient (Wildman–Crippen LogP) is 2.17. The van der Waals surface area contributed by atoms with E-state index in [1.807, 2.05) is 0 Å². The summed E-state index contributed by atoms with van der Waals surface area (Å²) in [5.74, 6) is -1.63. The number of hydrogen-bond acceptors (Lipinski definition) is 7. The highest BCUT2D eigenvalue weighted by Gasteiger charge is 2.21. The summed E-state index contributed by atoms with van der Waals surface area (Å²) < 4.78 is 13.5. The van der Waals surface area contributed by atoms with Gasteiger partial charge in [-0.15, -0.1) is 11.3 Å². The van der Waals surface area contributed by atoms with Crippen LogP contribution in [-0.2, 0) is 9.59 Å². The van der Waals surface area contributed by atoms with Crippen molar-refractivity contribution in [1.29, 1.82) is 0 Å². The minimum Gasteiger partial charge on any atom is -0.349 e. The number of carbonyl (C=O) groups excluding carboxylic acids is 2. The van der Waals surface area contributed by atoms with Crippen LogP contribution in [-0.4, -0.2) is 27.7 Å². The zero-order valence-corrected chi connectivity index (χ0v) is 15.8. The Morgan fingerprint density at radius 2 is 2.15 bits per heavy atom. The molecule has 1 heterocycles. The van der Waals surface area contributed by atoms with Crippen molar-refractivity contribution < 1.29 is 14.0 Å². The predicted molar refractivity (Wildman–Crippen MR) is 107 cm³/mol. The second-order valence-corrected chi connectivity index (χ2v) is 6.90. The molecule has 4 N–H and O–H groups in total. The molecule has 0 aliphatic rings. The molecule has 0 aliphatic heterocycles. The number of nitrogens with one attached hydrogen (secondary N) is 4. The Bertz CT molecular complexity index is 759. The number of thiazole rings is 1. The number of thiocarbonyl (C=S) groups is 1. The van der Waals surface area contributed by atoms with Crippen LogP contribution in [0.5, 0.6) is 0 Å². The Labute approximate surface area is 164 Å². The molecule has 2 rings (SSSR count). The molecule has 2 aromatic rings. The molecule has 2 atom stereocenters. The maximum atomic E-state index is 13.5. The molecule has 0 spiro atoms. The Morgan fingerprint density at radius 3 is 2.81 bits per heavy atom. The molecule has 0 saturated heterocycles. The van der Waals surface area contributed by atoms with E-state index in [2.05, 4.69) is 39.1 Å². The molecule has 1 amide bonds. The fraction of sp³-hybridized carbons (Fsp3) is 0.200. The molecule has 0 fully saturated rings. The molecule has 1 aromatic carbocycles. The number of hydrogen-bond donors (Lipinski definition) is 5. The quantitative estimate of drug-likeness (QED) is 0.156. The van der Waals surface area contributed by atoms with Crippen LogP contribution < -0.4 is 21.5 Å². The first-order valence-corrected chi connectivity index (χ1v) is 9.19. The van der Waals surface area contributed by atoms with Gasteiger partial charge in [-0.3, -0.25) is 15.6 Å². The normalized spacial score (nSPS) is 12.5. The number of aromatic nitrogens is 1. The summed E-state index contributed by atoms with van der Waals surface area (Å²) in [4.78, 5) is 27.2. The maximum Gasteiger partial charge on any atom is 0.239 e. The standard InChI is InChI=1S/C15H16FN5O2S3/c16-10-3-1-2-4-11(10)18-14(25)21-20-12(23)7-9(8-22)13(24)19-15-17-5-6-26-15/h1-6,8-9,13,24H,7H2,(H,17,19)(H,20,23)(H2,18,21,25). The van der Waals surface area contributed by atoms with E-state index >= 15 is 0 Å². The molecule has 7 nitrogen and oxygen atoms in total. The summed E-state index contributed by atoms with van der Waals surface area (Å²) in [6, 6.07) is 5.97. The van der Waals surface area contributed by atoms with Gasteiger partial charge in [0.1, 0.15) is 12.1 Å². The Hall–Kier alpha value is -2.24. The molecule has 0 saturated carbocycles. The fourth-order valence-corrected chi connectivity index (χ4v) is 2.98. The lowest BCUT2D eigenvalue weighted by atomic mass is 10.1. The van der Waals surface area contributed by atoms with Crippen LogP contribution >= 0.6 is 36.2 Å². The topological polar surface area (TPSA) is 95.2 Å². The molecule has 11 heteroatoms. The molecule has 138 valence electrons. The summed E-state index contributed by atoms with van der Waals surface area (Å²) >= 11 is 10.6. The first kappa shape index (κ1) is 20.1. The van der Waals surface area contributed by atoms with Gasteiger partial charge in [-0.05, 0) is 24.4 Å². The third-order valence-electron chi connectivity index (χ3n) is 3.14. The van der Waals surface area contributed by atoms with E-state index in [0.29, 0.717) is 11.4 Å². The van der Waals surface area contributed by atoms with Crippen LogP contribution in [0.25, 0.3) is 0 Å². The molecule has 1 aromatic heterocycles. The van der Waals surface area contributed by atoms with Crippen molar-refractivity contribution in [2.45, 2.75) is 11.8 Å². The van der Waals surface area contributed by atoms with Gasteiger partial charge < -0.3 is 15.4 Å². The molecule has 2 unspecified atom stereocenters. The molecular weight excluding hydrogens is 397 g/mol. The lowest BCUT2D eigenvalue weighted by molar-refractivity contribution is -0.124. The smallest absolute Gasteiger partial charge is 0.239 e. The van der Waals surface area contributed by atoms with Crippen LogP contribution in [0.3, 0.4) is 0 Å². The van der Waals surface area contributed by atoms with Crippen molar-refractivity contribution in [3.05, 3.63) is 41.7 Å². The van der Waals surface area contributed by atoms with Crippen molar-refractivity contribution in [2.24, 2.45) is 5.92 Å². The Morgan fingerprint density at radius 1 is 1.38 bits per heavy atom. The number of para-hydroxylation sites is 1. The van der Waals surface area contributed by atoms with Crippen LogP contribution in [0, 0.1) is 11.7 Å². The van der Waals surface area contributed by atoms with Gasteiger partial charge in [-0.1, -0.05) is 12.1 Å². The highest BCUT2D eigenvalue weighted by molar-refractivity contribution is 7.81. The summed E-state index contributed by atoms with van der Waals surface area (Å²) in [6.45, 7) is 0. The van der Waals surface area contributed by atoms with E-state index < -0.39 is 23.0 Å². The second-order valence-electron chi connectivity index (χ2n) is 5.04. The number of halogens is 1. The van der Waals surface area contributed by atoms with Crippen LogP contribution in [0.1, 0.15) is 6.42 Å². The minimum atomic E-state index is -0.683. The molecular formula is C15H16FN5O2S3. The van der Waals surface area contributed by atoms with Gasteiger partial charge in [0.25, 0.3) is 0 Å². The number of aldehydes is 1. The number of anilines is 2. The highest BCUT2D eigenvalue weighted by atomic mass is 32.1. The van der Waals surface area contributed by atoms with Gasteiger partial charge in [0.05, 0.1) is 17.0 Å². The Balaban J connectivity index is 1.78. The minimum absolute atomic E-state index is 0.00874. The number of thiol groups is 1. The molecule has 26 heavy (non-hydrogen) atoms. The van der Waals surface area contributed by atoms with E-state index in [-0.39, 0.29) is 17.2 Å². The maximum absolute atomic E-state index is 13.5. The SMILES string of the molecule is O=CC(CC(=O)NNC(=S)Nc1ccccc1F)C(S)Nc1nccs1. The van der Waals surface area contributed by atoms with Crippen molar-refractivity contribution in [1.82, 2.24) is 15.8 Å². The van der Waals surface area contributed by atoms with Crippen molar-refractivity contribution in [3.8, 4) is 0 Å². The summed E-state index contributed by atoms with van der Waals surface area (Å²) in [6.07, 6.45) is 2.14. The van der Waals surface area contributed by atoms with Crippen LogP contribution in [0.4, 0.5) is 15.2 Å². The zero-order valence-electron chi connectivity index (χ0n) is 13.3. The van der Waals surface area contributed by atoms with Gasteiger partial charge in [0.2, 0.25) is 5.91 Å². The van der Waals surface area contributed by atoms with Gasteiger partial charge in [0, 0.05) is 18.0 Å². The second kappa shape index (κ2) is 10.0. The van der Waals surface area contributed by atoms with Crippen LogP contribution in [0.15, 0.2) is 35.8 Å². The molecule has 0 radical (unpaired) electrons. The highest BCUT2D eigenvalue weighted by Crippen LogP contribution is 2.18. The lowest BCUT2D eigenvalue weighted by Gasteiger charge is -2.19. The third kappa shape index (κ3) is 6.24. The molecule has 0 bridgehead atoms. The Kier molecular flexibility index (Phi) is 7.75. The van der Waals surface area contributed by atoms with E-state index in [1.165, 1.54) is 23.5 Å². The van der Waals surface area contributed by atoms with Crippen LogP contribution in [0.2, 0.25) is 0 Å². The van der Waals surface area contributed by atoms with E-state index in [9.17, 15) is 14.0 Å². The number of nitrogens with zero attached hydrogens (tertiary/aromatic N) is 1. The third-order valence-corrected chi connectivity index (χ3v) is 4.56. The number of benzene rings is 1. The zero-order chi connectivity index (χ0) is 18.9. The van der Waals surface area contributed by atoms with Gasteiger partial charge in [-0.25, -0.2) is 9.37 Å². The number of rotatable bonds is 7. The van der Waals surface area contributed by atoms with Crippen molar-refractivity contribution >= 4 is 64.3 Å². The lowest BCUT2D eigenvalue weighted by Crippen LogP contribution is -2.45. The van der Waals surface area contributed by atoms with E-state index in [0.717, 1.165) is 0 Å². The van der Waals surface area contributed by atoms with Gasteiger partial charge in [0.15, 0.2) is 10.2 Å². The van der Waals surface area contributed by atoms with Crippen molar-refractivity contribution in [3.63, 3.8) is 0 Å². The summed E-state index contributed by atoms with van der Waals surface area (Å²) in [5, 5.41) is 7.37. The fourth-order valence-electron chi connectivity index (χ4n) is 1.87. The van der Waals surface area contributed by atoms with Crippen molar-refractivity contribution in [2.75, 3.05) is 10.6 Å². The average Bonchev–Trinajstić information content (AvgIpc) is 3.12. The summed E-state index contributed by atoms with van der Waals surface area (Å²) in [5.41, 5.74) is 4.98. The first-order chi connectivity index (χ1) is 12.5. The molecule has 0 aliphatic carbocycles. The van der Waals surface area contributed by atoms with E-state index in [1.54, 1.807) is 23.7 Å². The number of amides is 1. The van der Waals surface area contributed by atoms with Gasteiger partial charge in [-0.2, -0.15) is 12.6 Å². The average molecular weight is 414 g/mol.